The van der Waals surface area contributed by atoms with Crippen molar-refractivity contribution < 1.29 is 14.3 Å². The summed E-state index contributed by atoms with van der Waals surface area (Å²) in [6.07, 6.45) is 1.84. The van der Waals surface area contributed by atoms with Crippen molar-refractivity contribution in [3.8, 4) is 0 Å². The molecule has 0 unspecified atom stereocenters. The summed E-state index contributed by atoms with van der Waals surface area (Å²) in [6.45, 7) is 5.59. The van der Waals surface area contributed by atoms with E-state index in [0.717, 1.165) is 10.9 Å². The minimum atomic E-state index is -0.405. The number of esters is 1. The second-order valence-electron chi connectivity index (χ2n) is 5.21. The zero-order valence-corrected chi connectivity index (χ0v) is 13.0. The lowest BCUT2D eigenvalue weighted by molar-refractivity contribution is -0.148. The number of rotatable bonds is 5. The first-order chi connectivity index (χ1) is 10.5. The highest BCUT2D eigenvalue weighted by Gasteiger charge is 2.22. The monoisotopic (exact) mass is 303 g/mol. The molecule has 1 heterocycles. The number of amides is 2. The van der Waals surface area contributed by atoms with Crippen molar-refractivity contribution in [2.45, 2.75) is 26.8 Å². The predicted octanol–water partition coefficient (Wildman–Crippen LogP) is 2.88. The number of carbonyl (C=O) groups excluding carboxylic acids is 2. The predicted molar refractivity (Wildman–Crippen MR) is 85.7 cm³/mol. The van der Waals surface area contributed by atoms with Crippen molar-refractivity contribution in [3.63, 3.8) is 0 Å². The smallest absolute Gasteiger partial charge is 0.319 e. The largest absolute Gasteiger partial charge is 0.466 e. The van der Waals surface area contributed by atoms with Gasteiger partial charge in [-0.2, -0.15) is 0 Å². The Balaban J connectivity index is 1.92. The molecule has 0 spiro atoms. The molecule has 0 saturated carbocycles. The van der Waals surface area contributed by atoms with Crippen LogP contribution in [0.3, 0.4) is 0 Å². The fourth-order valence-corrected chi connectivity index (χ4v) is 2.11. The summed E-state index contributed by atoms with van der Waals surface area (Å²) in [5, 5.41) is 6.53. The molecule has 6 heteroatoms. The van der Waals surface area contributed by atoms with Crippen molar-refractivity contribution in [3.05, 3.63) is 30.5 Å². The van der Waals surface area contributed by atoms with E-state index in [1.165, 1.54) is 0 Å². The third kappa shape index (κ3) is 3.78. The Bertz CT molecular complexity index is 665. The molecule has 2 aromatic rings. The third-order valence-electron chi connectivity index (χ3n) is 3.58. The van der Waals surface area contributed by atoms with Crippen LogP contribution in [0.5, 0.6) is 0 Å². The molecule has 2 rings (SSSR count). The Kier molecular flexibility index (Phi) is 5.04. The van der Waals surface area contributed by atoms with Crippen LogP contribution in [0, 0.1) is 5.92 Å². The number of ether oxygens (including phenoxy) is 1. The van der Waals surface area contributed by atoms with Gasteiger partial charge in [0.15, 0.2) is 0 Å². The molecule has 2 atom stereocenters. The summed E-state index contributed by atoms with van der Waals surface area (Å²) in [5.74, 6) is -0.720. The molecule has 22 heavy (non-hydrogen) atoms. The van der Waals surface area contributed by atoms with Gasteiger partial charge in [-0.1, -0.05) is 0 Å². The first-order valence-electron chi connectivity index (χ1n) is 7.32. The van der Waals surface area contributed by atoms with Crippen molar-refractivity contribution in [2.75, 3.05) is 11.9 Å². The van der Waals surface area contributed by atoms with E-state index in [1.807, 2.05) is 30.5 Å². The molecule has 3 N–H and O–H groups in total. The van der Waals surface area contributed by atoms with Gasteiger partial charge < -0.3 is 20.4 Å². The van der Waals surface area contributed by atoms with E-state index in [4.69, 9.17) is 4.74 Å². The number of benzene rings is 1. The molecule has 0 saturated heterocycles. The second kappa shape index (κ2) is 6.98. The number of H-pyrrole nitrogens is 1. The van der Waals surface area contributed by atoms with Crippen LogP contribution in [0.1, 0.15) is 20.8 Å². The van der Waals surface area contributed by atoms with Crippen LogP contribution >= 0.6 is 0 Å². The van der Waals surface area contributed by atoms with Gasteiger partial charge in [0.25, 0.3) is 0 Å². The Morgan fingerprint density at radius 1 is 1.27 bits per heavy atom. The van der Waals surface area contributed by atoms with E-state index in [9.17, 15) is 9.59 Å². The quantitative estimate of drug-likeness (QED) is 0.743. The van der Waals surface area contributed by atoms with E-state index in [2.05, 4.69) is 15.6 Å². The first kappa shape index (κ1) is 15.9. The Morgan fingerprint density at radius 2 is 2.05 bits per heavy atom. The Hall–Kier alpha value is -2.50. The maximum atomic E-state index is 12.0. The number of urea groups is 1. The zero-order valence-electron chi connectivity index (χ0n) is 13.0. The van der Waals surface area contributed by atoms with Gasteiger partial charge in [-0.15, -0.1) is 0 Å². The summed E-state index contributed by atoms with van der Waals surface area (Å²) in [7, 11) is 0. The molecule has 118 valence electrons. The molecular weight excluding hydrogens is 282 g/mol. The highest BCUT2D eigenvalue weighted by atomic mass is 16.5. The molecule has 0 aliphatic heterocycles. The van der Waals surface area contributed by atoms with Crippen LogP contribution in [0.25, 0.3) is 10.9 Å². The van der Waals surface area contributed by atoms with Crippen LogP contribution in [0.15, 0.2) is 30.5 Å². The topological polar surface area (TPSA) is 83.2 Å². The number of fused-ring (bicyclic) bond motifs is 1. The second-order valence-corrected chi connectivity index (χ2v) is 5.21. The Labute approximate surface area is 129 Å². The van der Waals surface area contributed by atoms with Gasteiger partial charge in [-0.25, -0.2) is 4.79 Å². The normalized spacial score (nSPS) is 13.4. The van der Waals surface area contributed by atoms with Crippen LogP contribution in [-0.2, 0) is 9.53 Å². The van der Waals surface area contributed by atoms with Crippen molar-refractivity contribution in [1.29, 1.82) is 0 Å². The minimum absolute atomic E-state index is 0.316. The van der Waals surface area contributed by atoms with Crippen LogP contribution in [0.4, 0.5) is 10.5 Å². The number of aromatic amines is 1. The van der Waals surface area contributed by atoms with Gasteiger partial charge in [0.05, 0.1) is 12.5 Å². The first-order valence-corrected chi connectivity index (χ1v) is 7.32. The number of aromatic nitrogens is 1. The zero-order chi connectivity index (χ0) is 16.1. The number of carbonyl (C=O) groups is 2. The van der Waals surface area contributed by atoms with Crippen LogP contribution in [-0.4, -0.2) is 29.6 Å². The molecule has 0 bridgehead atoms. The van der Waals surface area contributed by atoms with E-state index in [1.54, 1.807) is 20.8 Å². The van der Waals surface area contributed by atoms with Crippen molar-refractivity contribution >= 4 is 28.6 Å². The van der Waals surface area contributed by atoms with Gasteiger partial charge in [0.1, 0.15) is 0 Å². The molecule has 0 radical (unpaired) electrons. The summed E-state index contributed by atoms with van der Waals surface area (Å²) in [5.41, 5.74) is 1.70. The lowest BCUT2D eigenvalue weighted by atomic mass is 10.0. The summed E-state index contributed by atoms with van der Waals surface area (Å²) < 4.78 is 4.95. The molecule has 0 fully saturated rings. The third-order valence-corrected chi connectivity index (χ3v) is 3.58. The fraction of sp³-hybridized carbons (Fsp3) is 0.375. The van der Waals surface area contributed by atoms with E-state index >= 15 is 0 Å². The number of nitrogens with one attached hydrogen (secondary N) is 3. The summed E-state index contributed by atoms with van der Waals surface area (Å²) in [6, 6.07) is 6.86. The summed E-state index contributed by atoms with van der Waals surface area (Å²) >= 11 is 0. The minimum Gasteiger partial charge on any atom is -0.466 e. The summed E-state index contributed by atoms with van der Waals surface area (Å²) in [4.78, 5) is 26.7. The fourth-order valence-electron chi connectivity index (χ4n) is 2.11. The van der Waals surface area contributed by atoms with E-state index in [-0.39, 0.29) is 18.0 Å². The number of hydrogen-bond donors (Lipinski definition) is 3. The average Bonchev–Trinajstić information content (AvgIpc) is 2.94. The van der Waals surface area contributed by atoms with E-state index in [0.29, 0.717) is 12.3 Å². The molecule has 2 amide bonds. The highest BCUT2D eigenvalue weighted by Crippen LogP contribution is 2.17. The standard InChI is InChI=1S/C16H21N3O3/c1-4-22-15(20)10(2)11(3)18-16(21)19-13-5-6-14-12(9-13)7-8-17-14/h5-11,17H,4H2,1-3H3,(H2,18,19,21)/t10-,11-/m0/s1. The lowest BCUT2D eigenvalue weighted by Gasteiger charge is -2.20. The van der Waals surface area contributed by atoms with Crippen molar-refractivity contribution in [1.82, 2.24) is 10.3 Å². The molecule has 0 aliphatic carbocycles. The van der Waals surface area contributed by atoms with Gasteiger partial charge >= 0.3 is 12.0 Å². The Morgan fingerprint density at radius 3 is 2.77 bits per heavy atom. The number of hydrogen-bond acceptors (Lipinski definition) is 3. The molecule has 1 aromatic heterocycles. The van der Waals surface area contributed by atoms with Gasteiger partial charge in [-0.3, -0.25) is 4.79 Å². The SMILES string of the molecule is CCOC(=O)[C@@H](C)[C@H](C)NC(=O)Nc1ccc2[nH]ccc2c1. The van der Waals surface area contributed by atoms with Gasteiger partial charge in [0, 0.05) is 28.8 Å². The number of anilines is 1. The van der Waals surface area contributed by atoms with Crippen LogP contribution < -0.4 is 10.6 Å². The van der Waals surface area contributed by atoms with Gasteiger partial charge in [0.2, 0.25) is 0 Å². The maximum absolute atomic E-state index is 12.0. The van der Waals surface area contributed by atoms with Crippen LogP contribution in [0.2, 0.25) is 0 Å². The maximum Gasteiger partial charge on any atom is 0.319 e. The highest BCUT2D eigenvalue weighted by molar-refractivity contribution is 5.93. The average molecular weight is 303 g/mol. The molecular formula is C16H21N3O3. The van der Waals surface area contributed by atoms with E-state index < -0.39 is 5.92 Å². The molecule has 0 aliphatic rings. The van der Waals surface area contributed by atoms with Crippen molar-refractivity contribution in [2.24, 2.45) is 5.92 Å². The van der Waals surface area contributed by atoms with Gasteiger partial charge in [-0.05, 0) is 45.0 Å². The molecule has 1 aromatic carbocycles. The molecule has 6 nitrogen and oxygen atoms in total. The lowest BCUT2D eigenvalue weighted by Crippen LogP contribution is -2.42.